The third kappa shape index (κ3) is 3.67. The van der Waals surface area contributed by atoms with Gasteiger partial charge in [-0.25, -0.2) is 0 Å². The van der Waals surface area contributed by atoms with Crippen LogP contribution in [-0.4, -0.2) is 30.3 Å². The summed E-state index contributed by atoms with van der Waals surface area (Å²) in [6.45, 7) is 5.23. The van der Waals surface area contributed by atoms with Crippen molar-refractivity contribution >= 4 is 22.9 Å². The summed E-state index contributed by atoms with van der Waals surface area (Å²) in [4.78, 5) is 2.66. The number of hydrogen-bond acceptors (Lipinski definition) is 3. The summed E-state index contributed by atoms with van der Waals surface area (Å²) in [7, 11) is 2.09. The smallest absolute Gasteiger partial charge is 0.103 e. The molecule has 1 unspecified atom stereocenters. The molecule has 0 spiro atoms. The average Bonchev–Trinajstić information content (AvgIpc) is 2.68. The largest absolute Gasteiger partial charge is 0.389 e. The fourth-order valence-corrected chi connectivity index (χ4v) is 2.63. The van der Waals surface area contributed by atoms with Crippen LogP contribution in [0.15, 0.2) is 24.3 Å². The molecular weight excluding hydrogens is 256 g/mol. The van der Waals surface area contributed by atoms with Gasteiger partial charge in [0.2, 0.25) is 0 Å². The van der Waals surface area contributed by atoms with E-state index in [0.717, 1.165) is 30.6 Å². The maximum Gasteiger partial charge on any atom is 0.103 e. The van der Waals surface area contributed by atoms with Gasteiger partial charge < -0.3 is 15.4 Å². The van der Waals surface area contributed by atoms with Crippen LogP contribution in [0.3, 0.4) is 0 Å². The quantitative estimate of drug-likeness (QED) is 0.860. The molecule has 1 atom stereocenters. The van der Waals surface area contributed by atoms with Crippen LogP contribution in [0.1, 0.15) is 32.3 Å². The van der Waals surface area contributed by atoms with E-state index in [2.05, 4.69) is 37.9 Å². The topological polar surface area (TPSA) is 38.5 Å². The number of benzene rings is 1. The Balaban J connectivity index is 1.96. The van der Waals surface area contributed by atoms with Crippen molar-refractivity contribution in [1.29, 1.82) is 0 Å². The minimum Gasteiger partial charge on any atom is -0.389 e. The molecule has 1 aromatic rings. The number of nitrogens with zero attached hydrogens (tertiary/aromatic N) is 1. The van der Waals surface area contributed by atoms with Gasteiger partial charge in [0.15, 0.2) is 0 Å². The lowest BCUT2D eigenvalue weighted by Crippen LogP contribution is -2.31. The molecule has 0 bridgehead atoms. The second kappa shape index (κ2) is 5.47. The Morgan fingerprint density at radius 3 is 2.53 bits per heavy atom. The molecule has 1 heterocycles. The lowest BCUT2D eigenvalue weighted by molar-refractivity contribution is -0.0111. The second-order valence-corrected chi connectivity index (χ2v) is 6.27. The molecule has 2 rings (SSSR count). The van der Waals surface area contributed by atoms with E-state index in [1.165, 1.54) is 0 Å². The predicted molar refractivity (Wildman–Crippen MR) is 83.8 cm³/mol. The predicted octanol–water partition coefficient (Wildman–Crippen LogP) is 2.71. The number of rotatable bonds is 4. The molecule has 0 saturated carbocycles. The minimum atomic E-state index is 0.0289. The molecule has 0 aromatic heterocycles. The Morgan fingerprint density at radius 2 is 2.05 bits per heavy atom. The molecule has 0 radical (unpaired) electrons. The first-order valence-corrected chi connectivity index (χ1v) is 7.07. The van der Waals surface area contributed by atoms with Gasteiger partial charge in [-0.3, -0.25) is 0 Å². The molecule has 0 aliphatic carbocycles. The van der Waals surface area contributed by atoms with E-state index >= 15 is 0 Å². The molecule has 1 fully saturated rings. The van der Waals surface area contributed by atoms with Crippen LogP contribution in [0.25, 0.3) is 0 Å². The Kier molecular flexibility index (Phi) is 4.11. The van der Waals surface area contributed by atoms with Crippen LogP contribution in [0.5, 0.6) is 0 Å². The molecule has 19 heavy (non-hydrogen) atoms. The van der Waals surface area contributed by atoms with Crippen LogP contribution in [-0.2, 0) is 4.74 Å². The van der Waals surface area contributed by atoms with Crippen molar-refractivity contribution in [3.8, 4) is 0 Å². The van der Waals surface area contributed by atoms with Crippen LogP contribution in [0.4, 0.5) is 5.69 Å². The van der Waals surface area contributed by atoms with Crippen LogP contribution in [0.2, 0.25) is 0 Å². The fourth-order valence-electron chi connectivity index (χ4n) is 2.50. The third-order valence-corrected chi connectivity index (χ3v) is 3.86. The highest BCUT2D eigenvalue weighted by Gasteiger charge is 2.32. The summed E-state index contributed by atoms with van der Waals surface area (Å²) in [5, 5.41) is 0. The van der Waals surface area contributed by atoms with E-state index in [-0.39, 0.29) is 5.60 Å². The van der Waals surface area contributed by atoms with Gasteiger partial charge in [-0.15, -0.1) is 0 Å². The van der Waals surface area contributed by atoms with Gasteiger partial charge >= 0.3 is 0 Å². The molecular formula is C15H22N2OS. The molecule has 1 aliphatic rings. The van der Waals surface area contributed by atoms with Crippen molar-refractivity contribution in [2.75, 3.05) is 18.5 Å². The van der Waals surface area contributed by atoms with Gasteiger partial charge in [0.1, 0.15) is 4.99 Å². The van der Waals surface area contributed by atoms with Crippen molar-refractivity contribution in [1.82, 2.24) is 0 Å². The molecule has 1 saturated heterocycles. The number of hydrogen-bond donors (Lipinski definition) is 1. The zero-order chi connectivity index (χ0) is 14.0. The molecule has 3 nitrogen and oxygen atoms in total. The lowest BCUT2D eigenvalue weighted by Gasteiger charge is -2.25. The summed E-state index contributed by atoms with van der Waals surface area (Å²) < 4.78 is 6.02. The third-order valence-electron chi connectivity index (χ3n) is 3.62. The maximum atomic E-state index is 6.02. The fraction of sp³-hybridized carbons (Fsp3) is 0.533. The number of ether oxygens (including phenoxy) is 1. The Labute approximate surface area is 120 Å². The standard InChI is InChI=1S/C15H22N2OS/c1-15(2)9-8-13(18-15)10-17(3)12-6-4-11(5-7-12)14(16)19/h4-7,13H,8-10H2,1-3H3,(H2,16,19). The van der Waals surface area contributed by atoms with E-state index in [9.17, 15) is 0 Å². The Bertz CT molecular complexity index is 456. The minimum absolute atomic E-state index is 0.0289. The summed E-state index contributed by atoms with van der Waals surface area (Å²) in [6.07, 6.45) is 2.57. The van der Waals surface area contributed by atoms with Gasteiger partial charge in [0.25, 0.3) is 0 Å². The zero-order valence-corrected chi connectivity index (χ0v) is 12.7. The average molecular weight is 278 g/mol. The lowest BCUT2D eigenvalue weighted by atomic mass is 10.1. The maximum absolute atomic E-state index is 6.02. The van der Waals surface area contributed by atoms with Crippen molar-refractivity contribution in [2.45, 2.75) is 38.4 Å². The first-order chi connectivity index (χ1) is 8.87. The molecule has 1 aliphatic heterocycles. The molecule has 1 aromatic carbocycles. The van der Waals surface area contributed by atoms with E-state index in [1.54, 1.807) is 0 Å². The van der Waals surface area contributed by atoms with E-state index < -0.39 is 0 Å². The van der Waals surface area contributed by atoms with E-state index in [1.807, 2.05) is 12.1 Å². The SMILES string of the molecule is CN(CC1CCC(C)(C)O1)c1ccc(C(N)=S)cc1. The molecule has 2 N–H and O–H groups in total. The zero-order valence-electron chi connectivity index (χ0n) is 11.8. The Morgan fingerprint density at radius 1 is 1.42 bits per heavy atom. The van der Waals surface area contributed by atoms with Crippen LogP contribution >= 0.6 is 12.2 Å². The van der Waals surface area contributed by atoms with Crippen molar-refractivity contribution < 1.29 is 4.74 Å². The van der Waals surface area contributed by atoms with Gasteiger partial charge in [0, 0.05) is 24.8 Å². The molecule has 4 heteroatoms. The molecule has 0 amide bonds. The van der Waals surface area contributed by atoms with E-state index in [0.29, 0.717) is 11.1 Å². The number of nitrogens with two attached hydrogens (primary N) is 1. The Hall–Kier alpha value is -1.13. The number of anilines is 1. The summed E-state index contributed by atoms with van der Waals surface area (Å²) >= 11 is 4.96. The van der Waals surface area contributed by atoms with Crippen molar-refractivity contribution in [2.24, 2.45) is 5.73 Å². The summed E-state index contributed by atoms with van der Waals surface area (Å²) in [5.74, 6) is 0. The highest BCUT2D eigenvalue weighted by atomic mass is 32.1. The van der Waals surface area contributed by atoms with Gasteiger partial charge in [-0.1, -0.05) is 12.2 Å². The highest BCUT2D eigenvalue weighted by molar-refractivity contribution is 7.80. The first-order valence-electron chi connectivity index (χ1n) is 6.66. The van der Waals surface area contributed by atoms with Crippen molar-refractivity contribution in [3.63, 3.8) is 0 Å². The first kappa shape index (κ1) is 14.3. The van der Waals surface area contributed by atoms with Crippen molar-refractivity contribution in [3.05, 3.63) is 29.8 Å². The number of likely N-dealkylation sites (N-methyl/N-ethyl adjacent to an activating group) is 1. The summed E-state index contributed by atoms with van der Waals surface area (Å²) in [6, 6.07) is 8.03. The normalized spacial score (nSPS) is 21.3. The highest BCUT2D eigenvalue weighted by Crippen LogP contribution is 2.30. The van der Waals surface area contributed by atoms with Gasteiger partial charge in [-0.2, -0.15) is 0 Å². The van der Waals surface area contributed by atoms with Gasteiger partial charge in [-0.05, 0) is 51.0 Å². The van der Waals surface area contributed by atoms with E-state index in [4.69, 9.17) is 22.7 Å². The second-order valence-electron chi connectivity index (χ2n) is 5.83. The van der Waals surface area contributed by atoms with Crippen LogP contribution < -0.4 is 10.6 Å². The number of thiocarbonyl (C=S) groups is 1. The molecule has 104 valence electrons. The monoisotopic (exact) mass is 278 g/mol. The van der Waals surface area contributed by atoms with Gasteiger partial charge in [0.05, 0.1) is 11.7 Å². The summed E-state index contributed by atoms with van der Waals surface area (Å²) in [5.41, 5.74) is 7.70. The van der Waals surface area contributed by atoms with Crippen LogP contribution in [0, 0.1) is 0 Å².